The van der Waals surface area contributed by atoms with Gasteiger partial charge in [0, 0.05) is 0 Å². The molecule has 1 aliphatic carbocycles. The lowest BCUT2D eigenvalue weighted by Gasteiger charge is -2.12. The van der Waals surface area contributed by atoms with Crippen LogP contribution in [0.5, 0.6) is 5.75 Å². The van der Waals surface area contributed by atoms with Crippen molar-refractivity contribution in [3.8, 4) is 16.9 Å². The third-order valence-corrected chi connectivity index (χ3v) is 4.00. The van der Waals surface area contributed by atoms with Gasteiger partial charge in [-0.15, -0.1) is 13.2 Å². The van der Waals surface area contributed by atoms with Gasteiger partial charge in [-0.3, -0.25) is 4.79 Å². The predicted molar refractivity (Wildman–Crippen MR) is 77.1 cm³/mol. The lowest BCUT2D eigenvalue weighted by atomic mass is 9.93. The fourth-order valence-corrected chi connectivity index (χ4v) is 2.60. The van der Waals surface area contributed by atoms with Gasteiger partial charge in [-0.25, -0.2) is 0 Å². The molecule has 0 unspecified atom stereocenters. The number of rotatable bonds is 4. The van der Waals surface area contributed by atoms with E-state index in [2.05, 4.69) is 4.74 Å². The van der Waals surface area contributed by atoms with Gasteiger partial charge in [-0.05, 0) is 41.7 Å². The van der Waals surface area contributed by atoms with Crippen LogP contribution in [0.2, 0.25) is 0 Å². The molecule has 1 fully saturated rings. The summed E-state index contributed by atoms with van der Waals surface area (Å²) in [6.45, 7) is 0. The van der Waals surface area contributed by atoms with E-state index in [1.807, 2.05) is 0 Å². The zero-order valence-corrected chi connectivity index (χ0v) is 11.9. The second kappa shape index (κ2) is 5.30. The summed E-state index contributed by atoms with van der Waals surface area (Å²) < 4.78 is 40.3. The molecule has 0 heterocycles. The number of hydrogen-bond acceptors (Lipinski definition) is 2. The Bertz CT molecular complexity index is 731. The number of aliphatic carboxylic acids is 1. The molecule has 0 atom stereocenters. The van der Waals surface area contributed by atoms with E-state index in [4.69, 9.17) is 0 Å². The van der Waals surface area contributed by atoms with E-state index < -0.39 is 17.7 Å². The van der Waals surface area contributed by atoms with Gasteiger partial charge in [-0.1, -0.05) is 36.4 Å². The normalized spacial score (nSPS) is 16.0. The first kappa shape index (κ1) is 15.4. The van der Waals surface area contributed by atoms with Crippen molar-refractivity contribution in [3.63, 3.8) is 0 Å². The zero-order chi connectivity index (χ0) is 16.7. The van der Waals surface area contributed by atoms with E-state index >= 15 is 0 Å². The Kier molecular flexibility index (Phi) is 3.55. The van der Waals surface area contributed by atoms with Crippen molar-refractivity contribution < 1.29 is 27.8 Å². The average Bonchev–Trinajstić information content (AvgIpc) is 3.28. The zero-order valence-electron chi connectivity index (χ0n) is 11.9. The first-order valence-electron chi connectivity index (χ1n) is 7.00. The Morgan fingerprint density at radius 1 is 1.04 bits per heavy atom. The molecular formula is C17H13F3O3. The molecule has 0 amide bonds. The molecule has 0 spiro atoms. The number of hydrogen-bond donors (Lipinski definition) is 1. The summed E-state index contributed by atoms with van der Waals surface area (Å²) in [5.74, 6) is -1.13. The van der Waals surface area contributed by atoms with Crippen LogP contribution in [-0.4, -0.2) is 17.4 Å². The van der Waals surface area contributed by atoms with Crippen molar-refractivity contribution in [3.05, 3.63) is 54.1 Å². The lowest BCUT2D eigenvalue weighted by Crippen LogP contribution is -2.19. The number of carboxylic acids is 1. The van der Waals surface area contributed by atoms with E-state index in [1.165, 1.54) is 24.3 Å². The van der Waals surface area contributed by atoms with Crippen LogP contribution >= 0.6 is 0 Å². The molecule has 0 saturated heterocycles. The van der Waals surface area contributed by atoms with Gasteiger partial charge in [-0.2, -0.15) is 0 Å². The Labute approximate surface area is 130 Å². The first-order valence-corrected chi connectivity index (χ1v) is 7.00. The second-order valence-electron chi connectivity index (χ2n) is 5.54. The molecule has 1 aliphatic rings. The highest BCUT2D eigenvalue weighted by molar-refractivity contribution is 5.85. The fraction of sp³-hybridized carbons (Fsp3) is 0.235. The average molecular weight is 322 g/mol. The molecule has 0 aliphatic heterocycles. The second-order valence-corrected chi connectivity index (χ2v) is 5.54. The molecule has 3 rings (SSSR count). The fourth-order valence-electron chi connectivity index (χ4n) is 2.60. The van der Waals surface area contributed by atoms with E-state index in [-0.39, 0.29) is 5.75 Å². The highest BCUT2D eigenvalue weighted by atomic mass is 19.4. The topological polar surface area (TPSA) is 46.5 Å². The SMILES string of the molecule is O=C(O)C1(c2cccc(-c3ccc(OC(F)(F)F)cc3)c2)CC1. The number of carboxylic acid groups (broad SMARTS) is 1. The number of halogens is 3. The van der Waals surface area contributed by atoms with Crippen molar-refractivity contribution in [2.75, 3.05) is 0 Å². The molecule has 120 valence electrons. The van der Waals surface area contributed by atoms with Crippen molar-refractivity contribution in [1.29, 1.82) is 0 Å². The van der Waals surface area contributed by atoms with Crippen LogP contribution in [0.1, 0.15) is 18.4 Å². The summed E-state index contributed by atoms with van der Waals surface area (Å²) in [4.78, 5) is 11.4. The lowest BCUT2D eigenvalue weighted by molar-refractivity contribution is -0.274. The summed E-state index contributed by atoms with van der Waals surface area (Å²) in [7, 11) is 0. The number of carbonyl (C=O) groups is 1. The van der Waals surface area contributed by atoms with Crippen molar-refractivity contribution in [2.45, 2.75) is 24.6 Å². The highest BCUT2D eigenvalue weighted by Gasteiger charge is 2.51. The first-order chi connectivity index (χ1) is 10.8. The maximum atomic E-state index is 12.2. The Morgan fingerprint density at radius 3 is 2.22 bits per heavy atom. The van der Waals surface area contributed by atoms with E-state index in [1.54, 1.807) is 24.3 Å². The van der Waals surface area contributed by atoms with Crippen LogP contribution < -0.4 is 4.74 Å². The molecule has 0 radical (unpaired) electrons. The van der Waals surface area contributed by atoms with E-state index in [9.17, 15) is 23.1 Å². The highest BCUT2D eigenvalue weighted by Crippen LogP contribution is 2.49. The van der Waals surface area contributed by atoms with Gasteiger partial charge in [0.2, 0.25) is 0 Å². The minimum atomic E-state index is -4.72. The molecule has 3 nitrogen and oxygen atoms in total. The van der Waals surface area contributed by atoms with Crippen LogP contribution in [0.15, 0.2) is 48.5 Å². The maximum Gasteiger partial charge on any atom is 0.573 e. The molecular weight excluding hydrogens is 309 g/mol. The van der Waals surface area contributed by atoms with Gasteiger partial charge in [0.25, 0.3) is 0 Å². The van der Waals surface area contributed by atoms with Gasteiger partial charge in [0.1, 0.15) is 5.75 Å². The van der Waals surface area contributed by atoms with Crippen LogP contribution in [-0.2, 0) is 10.2 Å². The standard InChI is InChI=1S/C17H13F3O3/c18-17(19,20)23-14-6-4-11(5-7-14)12-2-1-3-13(10-12)16(8-9-16)15(21)22/h1-7,10H,8-9H2,(H,21,22). The Hall–Kier alpha value is -2.50. The third-order valence-electron chi connectivity index (χ3n) is 4.00. The quantitative estimate of drug-likeness (QED) is 0.909. The molecule has 6 heteroatoms. The van der Waals surface area contributed by atoms with Gasteiger partial charge in [0.15, 0.2) is 0 Å². The molecule has 23 heavy (non-hydrogen) atoms. The van der Waals surface area contributed by atoms with Crippen molar-refractivity contribution in [2.24, 2.45) is 0 Å². The smallest absolute Gasteiger partial charge is 0.481 e. The molecule has 0 bridgehead atoms. The van der Waals surface area contributed by atoms with E-state index in [0.717, 1.165) is 11.1 Å². The van der Waals surface area contributed by atoms with Gasteiger partial charge < -0.3 is 9.84 Å². The van der Waals surface area contributed by atoms with Crippen LogP contribution in [0, 0.1) is 0 Å². The molecule has 2 aromatic carbocycles. The number of benzene rings is 2. The molecule has 1 N–H and O–H groups in total. The van der Waals surface area contributed by atoms with Crippen molar-refractivity contribution in [1.82, 2.24) is 0 Å². The largest absolute Gasteiger partial charge is 0.573 e. The molecule has 1 saturated carbocycles. The monoisotopic (exact) mass is 322 g/mol. The number of alkyl halides is 3. The van der Waals surface area contributed by atoms with Gasteiger partial charge >= 0.3 is 12.3 Å². The summed E-state index contributed by atoms with van der Waals surface area (Å²) in [6.07, 6.45) is -3.52. The summed E-state index contributed by atoms with van der Waals surface area (Å²) in [5.41, 5.74) is 1.37. The van der Waals surface area contributed by atoms with Gasteiger partial charge in [0.05, 0.1) is 5.41 Å². The maximum absolute atomic E-state index is 12.2. The van der Waals surface area contributed by atoms with Crippen LogP contribution in [0.25, 0.3) is 11.1 Å². The third kappa shape index (κ3) is 3.16. The summed E-state index contributed by atoms with van der Waals surface area (Å²) >= 11 is 0. The predicted octanol–water partition coefficient (Wildman–Crippen LogP) is 4.37. The summed E-state index contributed by atoms with van der Waals surface area (Å²) in [6, 6.07) is 12.6. The summed E-state index contributed by atoms with van der Waals surface area (Å²) in [5, 5.41) is 9.34. The molecule has 0 aromatic heterocycles. The number of ether oxygens (including phenoxy) is 1. The Morgan fingerprint density at radius 2 is 1.70 bits per heavy atom. The minimum absolute atomic E-state index is 0.290. The van der Waals surface area contributed by atoms with E-state index in [0.29, 0.717) is 18.4 Å². The van der Waals surface area contributed by atoms with Crippen LogP contribution in [0.4, 0.5) is 13.2 Å². The minimum Gasteiger partial charge on any atom is -0.481 e. The van der Waals surface area contributed by atoms with Crippen molar-refractivity contribution >= 4 is 5.97 Å². The molecule has 2 aromatic rings. The van der Waals surface area contributed by atoms with Crippen LogP contribution in [0.3, 0.4) is 0 Å². The Balaban J connectivity index is 1.87.